The lowest BCUT2D eigenvalue weighted by molar-refractivity contribution is 0.297. The lowest BCUT2D eigenvalue weighted by atomic mass is 10.0. The van der Waals surface area contributed by atoms with Gasteiger partial charge in [-0.05, 0) is 25.0 Å². The standard InChI is InChI=1S/C16H20N2O2/c1-4-11-10(2)18-13-9-15-14(19-6-5-7-20-15)8-12(13)16(11)17-3/h8-9H,4-7H2,1-3H3,(H,17,18). The summed E-state index contributed by atoms with van der Waals surface area (Å²) in [6.07, 6.45) is 1.87. The van der Waals surface area contributed by atoms with Crippen molar-refractivity contribution in [2.24, 2.45) is 0 Å². The number of aryl methyl sites for hydroxylation is 1. The molecule has 20 heavy (non-hydrogen) atoms. The largest absolute Gasteiger partial charge is 0.490 e. The van der Waals surface area contributed by atoms with Crippen molar-refractivity contribution in [3.8, 4) is 11.5 Å². The zero-order valence-electron chi connectivity index (χ0n) is 12.2. The molecule has 0 fully saturated rings. The van der Waals surface area contributed by atoms with Crippen LogP contribution in [0.25, 0.3) is 10.9 Å². The van der Waals surface area contributed by atoms with Crippen LogP contribution in [0.15, 0.2) is 12.1 Å². The predicted molar refractivity (Wildman–Crippen MR) is 81.0 cm³/mol. The lowest BCUT2D eigenvalue weighted by Crippen LogP contribution is -2.02. The summed E-state index contributed by atoms with van der Waals surface area (Å²) in [6, 6.07) is 4.04. The summed E-state index contributed by atoms with van der Waals surface area (Å²) in [5, 5.41) is 4.41. The first kappa shape index (κ1) is 13.0. The van der Waals surface area contributed by atoms with Gasteiger partial charge in [0.15, 0.2) is 11.5 Å². The van der Waals surface area contributed by atoms with Gasteiger partial charge in [0.05, 0.1) is 18.7 Å². The van der Waals surface area contributed by atoms with E-state index in [1.54, 1.807) is 0 Å². The number of hydrogen-bond donors (Lipinski definition) is 1. The van der Waals surface area contributed by atoms with Crippen LogP contribution < -0.4 is 14.8 Å². The van der Waals surface area contributed by atoms with Gasteiger partial charge in [0.2, 0.25) is 0 Å². The van der Waals surface area contributed by atoms with Crippen LogP contribution in [0.3, 0.4) is 0 Å². The molecule has 1 aliphatic heterocycles. The summed E-state index contributed by atoms with van der Waals surface area (Å²) < 4.78 is 11.5. The van der Waals surface area contributed by atoms with Crippen molar-refractivity contribution in [2.75, 3.05) is 25.6 Å². The Hall–Kier alpha value is -1.97. The molecule has 1 aliphatic rings. The van der Waals surface area contributed by atoms with E-state index in [1.165, 1.54) is 5.56 Å². The molecule has 0 unspecified atom stereocenters. The minimum absolute atomic E-state index is 0.698. The number of aromatic nitrogens is 1. The maximum absolute atomic E-state index is 5.78. The van der Waals surface area contributed by atoms with Gasteiger partial charge >= 0.3 is 0 Å². The maximum atomic E-state index is 5.78. The summed E-state index contributed by atoms with van der Waals surface area (Å²) in [6.45, 7) is 5.61. The van der Waals surface area contributed by atoms with Gasteiger partial charge in [0.1, 0.15) is 0 Å². The van der Waals surface area contributed by atoms with Gasteiger partial charge in [-0.15, -0.1) is 0 Å². The van der Waals surface area contributed by atoms with Crippen molar-refractivity contribution < 1.29 is 9.47 Å². The predicted octanol–water partition coefficient (Wildman–Crippen LogP) is 3.31. The van der Waals surface area contributed by atoms with Crippen LogP contribution in [-0.4, -0.2) is 25.2 Å². The van der Waals surface area contributed by atoms with E-state index < -0.39 is 0 Å². The number of benzene rings is 1. The molecule has 4 heteroatoms. The first-order valence-electron chi connectivity index (χ1n) is 7.15. The molecule has 0 atom stereocenters. The quantitative estimate of drug-likeness (QED) is 0.911. The van der Waals surface area contributed by atoms with Crippen LogP contribution in [-0.2, 0) is 6.42 Å². The summed E-state index contributed by atoms with van der Waals surface area (Å²) in [5.41, 5.74) is 4.42. The second kappa shape index (κ2) is 5.19. The molecule has 0 saturated heterocycles. The number of hydrogen-bond acceptors (Lipinski definition) is 4. The smallest absolute Gasteiger partial charge is 0.163 e. The highest BCUT2D eigenvalue weighted by Crippen LogP contribution is 2.38. The third kappa shape index (κ3) is 2.05. The van der Waals surface area contributed by atoms with E-state index in [0.717, 1.165) is 46.6 Å². The van der Waals surface area contributed by atoms with Crippen molar-refractivity contribution in [3.63, 3.8) is 0 Å². The number of nitrogens with one attached hydrogen (secondary N) is 1. The Morgan fingerprint density at radius 2 is 1.90 bits per heavy atom. The van der Waals surface area contributed by atoms with Crippen LogP contribution in [0.4, 0.5) is 5.69 Å². The van der Waals surface area contributed by atoms with E-state index in [4.69, 9.17) is 14.5 Å². The van der Waals surface area contributed by atoms with E-state index in [2.05, 4.69) is 19.2 Å². The highest BCUT2D eigenvalue weighted by molar-refractivity contribution is 5.95. The topological polar surface area (TPSA) is 43.4 Å². The molecule has 106 valence electrons. The zero-order valence-corrected chi connectivity index (χ0v) is 12.2. The van der Waals surface area contributed by atoms with Gasteiger partial charge in [-0.3, -0.25) is 4.98 Å². The number of fused-ring (bicyclic) bond motifs is 2. The highest BCUT2D eigenvalue weighted by atomic mass is 16.5. The van der Waals surface area contributed by atoms with Gasteiger partial charge in [-0.1, -0.05) is 6.92 Å². The Labute approximate surface area is 119 Å². The molecule has 0 amide bonds. The minimum atomic E-state index is 0.698. The van der Waals surface area contributed by atoms with Crippen LogP contribution in [0, 0.1) is 6.92 Å². The molecule has 0 spiro atoms. The molecule has 2 heterocycles. The number of nitrogens with zero attached hydrogens (tertiary/aromatic N) is 1. The molecular formula is C16H20N2O2. The maximum Gasteiger partial charge on any atom is 0.163 e. The van der Waals surface area contributed by atoms with E-state index in [0.29, 0.717) is 13.2 Å². The van der Waals surface area contributed by atoms with Gasteiger partial charge in [0, 0.05) is 36.3 Å². The molecular weight excluding hydrogens is 252 g/mol. The van der Waals surface area contributed by atoms with E-state index in [9.17, 15) is 0 Å². The van der Waals surface area contributed by atoms with Crippen LogP contribution in [0.1, 0.15) is 24.6 Å². The molecule has 2 aromatic rings. The highest BCUT2D eigenvalue weighted by Gasteiger charge is 2.16. The summed E-state index contributed by atoms with van der Waals surface area (Å²) in [4.78, 5) is 4.72. The lowest BCUT2D eigenvalue weighted by Gasteiger charge is -2.16. The fourth-order valence-electron chi connectivity index (χ4n) is 2.80. The molecule has 4 nitrogen and oxygen atoms in total. The van der Waals surface area contributed by atoms with Crippen LogP contribution >= 0.6 is 0 Å². The third-order valence-electron chi connectivity index (χ3n) is 3.77. The summed E-state index contributed by atoms with van der Waals surface area (Å²) in [5.74, 6) is 1.62. The molecule has 0 radical (unpaired) electrons. The Morgan fingerprint density at radius 1 is 1.20 bits per heavy atom. The van der Waals surface area contributed by atoms with Gasteiger partial charge in [0.25, 0.3) is 0 Å². The molecule has 1 aromatic heterocycles. The van der Waals surface area contributed by atoms with Gasteiger partial charge in [-0.2, -0.15) is 0 Å². The van der Waals surface area contributed by atoms with E-state index >= 15 is 0 Å². The average Bonchev–Trinajstić information content (AvgIpc) is 2.68. The normalized spacial score (nSPS) is 14.2. The minimum Gasteiger partial charge on any atom is -0.490 e. The Kier molecular flexibility index (Phi) is 3.38. The first-order chi connectivity index (χ1) is 9.74. The van der Waals surface area contributed by atoms with Gasteiger partial charge < -0.3 is 14.8 Å². The average molecular weight is 272 g/mol. The first-order valence-corrected chi connectivity index (χ1v) is 7.15. The van der Waals surface area contributed by atoms with Crippen molar-refractivity contribution in [2.45, 2.75) is 26.7 Å². The molecule has 1 aromatic carbocycles. The van der Waals surface area contributed by atoms with Crippen LogP contribution in [0.2, 0.25) is 0 Å². The number of pyridine rings is 1. The molecule has 3 rings (SSSR count). The second-order valence-corrected chi connectivity index (χ2v) is 5.02. The van der Waals surface area contributed by atoms with Crippen molar-refractivity contribution in [1.82, 2.24) is 4.98 Å². The third-order valence-corrected chi connectivity index (χ3v) is 3.77. The Balaban J connectivity index is 2.28. The second-order valence-electron chi connectivity index (χ2n) is 5.02. The van der Waals surface area contributed by atoms with Crippen molar-refractivity contribution in [3.05, 3.63) is 23.4 Å². The van der Waals surface area contributed by atoms with Crippen molar-refractivity contribution >= 4 is 16.6 Å². The molecule has 0 aliphatic carbocycles. The molecule has 0 bridgehead atoms. The Morgan fingerprint density at radius 3 is 2.55 bits per heavy atom. The Bertz CT molecular complexity index is 653. The van der Waals surface area contributed by atoms with Crippen molar-refractivity contribution in [1.29, 1.82) is 0 Å². The fraction of sp³-hybridized carbons (Fsp3) is 0.438. The monoisotopic (exact) mass is 272 g/mol. The number of anilines is 1. The van der Waals surface area contributed by atoms with Gasteiger partial charge in [-0.25, -0.2) is 0 Å². The number of rotatable bonds is 2. The van der Waals surface area contributed by atoms with Crippen LogP contribution in [0.5, 0.6) is 11.5 Å². The molecule has 1 N–H and O–H groups in total. The SMILES string of the molecule is CCc1c(C)nc2cc3c(cc2c1NC)OCCCO3. The summed E-state index contributed by atoms with van der Waals surface area (Å²) in [7, 11) is 1.95. The number of ether oxygens (including phenoxy) is 2. The van der Waals surface area contributed by atoms with E-state index in [-0.39, 0.29) is 0 Å². The van der Waals surface area contributed by atoms with E-state index in [1.807, 2.05) is 19.2 Å². The summed E-state index contributed by atoms with van der Waals surface area (Å²) >= 11 is 0. The zero-order chi connectivity index (χ0) is 14.1. The molecule has 0 saturated carbocycles. The fourth-order valence-corrected chi connectivity index (χ4v) is 2.80.